The quantitative estimate of drug-likeness (QED) is 0.821. The van der Waals surface area contributed by atoms with Crippen LogP contribution in [0, 0.1) is 11.6 Å². The standard InChI is InChI=1S/C12H14F2O4/c1-2-3-10(12(16)17)18-11-8(13)4-7(6-15)5-9(11)14/h4-5,10,15H,2-3,6H2,1H3,(H,16,17). The number of carboxylic acids is 1. The summed E-state index contributed by atoms with van der Waals surface area (Å²) in [5, 5.41) is 17.6. The Kier molecular flexibility index (Phi) is 5.03. The third-order valence-corrected chi connectivity index (χ3v) is 2.33. The molecular formula is C12H14F2O4. The Morgan fingerprint density at radius 2 is 1.94 bits per heavy atom. The predicted molar refractivity (Wildman–Crippen MR) is 59.2 cm³/mol. The zero-order chi connectivity index (χ0) is 13.7. The maximum Gasteiger partial charge on any atom is 0.344 e. The second kappa shape index (κ2) is 6.30. The molecular weight excluding hydrogens is 246 g/mol. The van der Waals surface area contributed by atoms with Gasteiger partial charge in [-0.3, -0.25) is 0 Å². The summed E-state index contributed by atoms with van der Waals surface area (Å²) >= 11 is 0. The van der Waals surface area contributed by atoms with E-state index >= 15 is 0 Å². The van der Waals surface area contributed by atoms with Crippen LogP contribution in [0.3, 0.4) is 0 Å². The van der Waals surface area contributed by atoms with Gasteiger partial charge >= 0.3 is 5.97 Å². The van der Waals surface area contributed by atoms with Gasteiger partial charge in [0.15, 0.2) is 23.5 Å². The van der Waals surface area contributed by atoms with Gasteiger partial charge in [0.1, 0.15) is 0 Å². The lowest BCUT2D eigenvalue weighted by Crippen LogP contribution is -2.27. The minimum Gasteiger partial charge on any atom is -0.479 e. The number of halogens is 2. The lowest BCUT2D eigenvalue weighted by molar-refractivity contribution is -0.145. The van der Waals surface area contributed by atoms with E-state index in [4.69, 9.17) is 14.9 Å². The Balaban J connectivity index is 2.99. The molecule has 0 aliphatic rings. The minimum absolute atomic E-state index is 0.0553. The number of hydrogen-bond acceptors (Lipinski definition) is 3. The third-order valence-electron chi connectivity index (χ3n) is 2.33. The van der Waals surface area contributed by atoms with Crippen LogP contribution in [-0.2, 0) is 11.4 Å². The highest BCUT2D eigenvalue weighted by Crippen LogP contribution is 2.25. The number of carboxylic acid groups (broad SMARTS) is 1. The first-order valence-corrected chi connectivity index (χ1v) is 5.47. The molecule has 0 heterocycles. The molecule has 0 saturated carbocycles. The van der Waals surface area contributed by atoms with Crippen molar-refractivity contribution in [3.8, 4) is 5.75 Å². The van der Waals surface area contributed by atoms with E-state index in [2.05, 4.69) is 0 Å². The van der Waals surface area contributed by atoms with E-state index in [0.717, 1.165) is 12.1 Å². The molecule has 0 radical (unpaired) electrons. The van der Waals surface area contributed by atoms with Crippen molar-refractivity contribution in [3.63, 3.8) is 0 Å². The largest absolute Gasteiger partial charge is 0.479 e. The smallest absolute Gasteiger partial charge is 0.344 e. The Morgan fingerprint density at radius 1 is 1.39 bits per heavy atom. The minimum atomic E-state index is -1.29. The van der Waals surface area contributed by atoms with Crippen LogP contribution in [0.4, 0.5) is 8.78 Å². The summed E-state index contributed by atoms with van der Waals surface area (Å²) in [6.45, 7) is 1.23. The van der Waals surface area contributed by atoms with Crippen LogP contribution in [0.5, 0.6) is 5.75 Å². The number of carbonyl (C=O) groups is 1. The monoisotopic (exact) mass is 260 g/mol. The molecule has 1 aromatic carbocycles. The molecule has 0 aliphatic heterocycles. The van der Waals surface area contributed by atoms with Crippen molar-refractivity contribution in [3.05, 3.63) is 29.3 Å². The van der Waals surface area contributed by atoms with Crippen molar-refractivity contribution in [2.24, 2.45) is 0 Å². The molecule has 0 bridgehead atoms. The number of aliphatic hydroxyl groups is 1. The molecule has 0 amide bonds. The Labute approximate surface area is 103 Å². The Morgan fingerprint density at radius 3 is 2.33 bits per heavy atom. The van der Waals surface area contributed by atoms with Gasteiger partial charge in [0.05, 0.1) is 6.61 Å². The molecule has 0 spiro atoms. The highest BCUT2D eigenvalue weighted by Gasteiger charge is 2.22. The third kappa shape index (κ3) is 3.40. The van der Waals surface area contributed by atoms with Crippen molar-refractivity contribution in [1.29, 1.82) is 0 Å². The molecule has 0 fully saturated rings. The van der Waals surface area contributed by atoms with Crippen LogP contribution in [0.15, 0.2) is 12.1 Å². The molecule has 1 unspecified atom stereocenters. The molecule has 0 saturated heterocycles. The first-order chi connectivity index (χ1) is 8.49. The maximum absolute atomic E-state index is 13.5. The van der Waals surface area contributed by atoms with Gasteiger partial charge in [0, 0.05) is 0 Å². The Hall–Kier alpha value is -1.69. The van der Waals surface area contributed by atoms with Crippen LogP contribution < -0.4 is 4.74 Å². The van der Waals surface area contributed by atoms with E-state index < -0.39 is 36.1 Å². The van der Waals surface area contributed by atoms with Gasteiger partial charge in [-0.1, -0.05) is 13.3 Å². The highest BCUT2D eigenvalue weighted by molar-refractivity contribution is 5.72. The van der Waals surface area contributed by atoms with Crippen molar-refractivity contribution in [2.75, 3.05) is 0 Å². The van der Waals surface area contributed by atoms with Crippen LogP contribution in [0.2, 0.25) is 0 Å². The fourth-order valence-electron chi connectivity index (χ4n) is 1.45. The van der Waals surface area contributed by atoms with Gasteiger partial charge in [-0.15, -0.1) is 0 Å². The zero-order valence-corrected chi connectivity index (χ0v) is 9.82. The fourth-order valence-corrected chi connectivity index (χ4v) is 1.45. The van der Waals surface area contributed by atoms with Crippen LogP contribution in [0.25, 0.3) is 0 Å². The normalized spacial score (nSPS) is 12.2. The molecule has 18 heavy (non-hydrogen) atoms. The average molecular weight is 260 g/mol. The van der Waals surface area contributed by atoms with Gasteiger partial charge in [-0.2, -0.15) is 0 Å². The van der Waals surface area contributed by atoms with E-state index in [-0.39, 0.29) is 12.0 Å². The summed E-state index contributed by atoms with van der Waals surface area (Å²) in [6.07, 6.45) is -0.635. The van der Waals surface area contributed by atoms with Crippen molar-refractivity contribution < 1.29 is 28.5 Å². The van der Waals surface area contributed by atoms with Crippen LogP contribution in [0.1, 0.15) is 25.3 Å². The van der Waals surface area contributed by atoms with E-state index in [0.29, 0.717) is 6.42 Å². The first kappa shape index (κ1) is 14.4. The molecule has 0 aromatic heterocycles. The van der Waals surface area contributed by atoms with Crippen molar-refractivity contribution in [1.82, 2.24) is 0 Å². The topological polar surface area (TPSA) is 66.8 Å². The molecule has 0 aliphatic carbocycles. The lowest BCUT2D eigenvalue weighted by Gasteiger charge is -2.15. The second-order valence-electron chi connectivity index (χ2n) is 3.78. The maximum atomic E-state index is 13.5. The molecule has 4 nitrogen and oxygen atoms in total. The Bertz CT molecular complexity index is 411. The van der Waals surface area contributed by atoms with E-state index in [1.54, 1.807) is 6.92 Å². The molecule has 1 atom stereocenters. The van der Waals surface area contributed by atoms with E-state index in [1.165, 1.54) is 0 Å². The number of hydrogen-bond donors (Lipinski definition) is 2. The van der Waals surface area contributed by atoms with E-state index in [9.17, 15) is 13.6 Å². The van der Waals surface area contributed by atoms with Gasteiger partial charge in [0.2, 0.25) is 0 Å². The lowest BCUT2D eigenvalue weighted by atomic mass is 10.2. The summed E-state index contributed by atoms with van der Waals surface area (Å²) in [4.78, 5) is 10.8. The summed E-state index contributed by atoms with van der Waals surface area (Å²) in [5.41, 5.74) is 0.0553. The molecule has 2 N–H and O–H groups in total. The van der Waals surface area contributed by atoms with Gasteiger partial charge < -0.3 is 14.9 Å². The van der Waals surface area contributed by atoms with Crippen molar-refractivity contribution in [2.45, 2.75) is 32.5 Å². The van der Waals surface area contributed by atoms with E-state index in [1.807, 2.05) is 0 Å². The SMILES string of the molecule is CCCC(Oc1c(F)cc(CO)cc1F)C(=O)O. The van der Waals surface area contributed by atoms with Crippen LogP contribution >= 0.6 is 0 Å². The second-order valence-corrected chi connectivity index (χ2v) is 3.78. The highest BCUT2D eigenvalue weighted by atomic mass is 19.1. The van der Waals surface area contributed by atoms with Gasteiger partial charge in [-0.25, -0.2) is 13.6 Å². The zero-order valence-electron chi connectivity index (χ0n) is 9.82. The van der Waals surface area contributed by atoms with Crippen LogP contribution in [-0.4, -0.2) is 22.3 Å². The number of aliphatic hydroxyl groups excluding tert-OH is 1. The first-order valence-electron chi connectivity index (χ1n) is 5.47. The summed E-state index contributed by atoms with van der Waals surface area (Å²) in [7, 11) is 0. The number of benzene rings is 1. The number of ether oxygens (including phenoxy) is 1. The molecule has 1 rings (SSSR count). The summed E-state index contributed by atoms with van der Waals surface area (Å²) < 4.78 is 31.8. The summed E-state index contributed by atoms with van der Waals surface area (Å²) in [6, 6.07) is 1.81. The number of aliphatic carboxylic acids is 1. The molecule has 1 aromatic rings. The van der Waals surface area contributed by atoms with Crippen molar-refractivity contribution >= 4 is 5.97 Å². The number of rotatable bonds is 6. The fraction of sp³-hybridized carbons (Fsp3) is 0.417. The molecule has 6 heteroatoms. The predicted octanol–water partition coefficient (Wildman–Crippen LogP) is 2.09. The molecule has 100 valence electrons. The van der Waals surface area contributed by atoms with Gasteiger partial charge in [0.25, 0.3) is 0 Å². The summed E-state index contributed by atoms with van der Waals surface area (Å²) in [5.74, 6) is -4.06. The average Bonchev–Trinajstić information content (AvgIpc) is 2.31. The van der Waals surface area contributed by atoms with Gasteiger partial charge in [-0.05, 0) is 24.1 Å².